The number of ether oxygens (including phenoxy) is 2. The normalized spacial score (nSPS) is 15.8. The van der Waals surface area contributed by atoms with Crippen LogP contribution in [0.2, 0.25) is 0 Å². The van der Waals surface area contributed by atoms with E-state index in [1.807, 2.05) is 42.5 Å². The van der Waals surface area contributed by atoms with Crippen LogP contribution in [0.1, 0.15) is 25.3 Å². The zero-order valence-corrected chi connectivity index (χ0v) is 11.5. The molecule has 2 rings (SSSR count). The van der Waals surface area contributed by atoms with E-state index in [9.17, 15) is 9.59 Å². The number of hydrogen-bond donors (Lipinski definition) is 0. The van der Waals surface area contributed by atoms with Crippen molar-refractivity contribution in [2.24, 2.45) is 5.41 Å². The number of benzene rings is 1. The zero-order valence-electron chi connectivity index (χ0n) is 11.5. The van der Waals surface area contributed by atoms with Crippen molar-refractivity contribution in [3.05, 3.63) is 48.0 Å². The van der Waals surface area contributed by atoms with Crippen molar-refractivity contribution in [1.82, 2.24) is 0 Å². The van der Waals surface area contributed by atoms with Crippen LogP contribution >= 0.6 is 0 Å². The minimum atomic E-state index is -1.19. The van der Waals surface area contributed by atoms with Crippen LogP contribution in [0.3, 0.4) is 0 Å². The van der Waals surface area contributed by atoms with Crippen LogP contribution in [0.5, 0.6) is 0 Å². The fourth-order valence-electron chi connectivity index (χ4n) is 2.20. The molecule has 0 unspecified atom stereocenters. The van der Waals surface area contributed by atoms with E-state index in [2.05, 4.69) is 0 Å². The van der Waals surface area contributed by atoms with E-state index in [1.165, 1.54) is 0 Å². The summed E-state index contributed by atoms with van der Waals surface area (Å²) in [5.74, 6) is -1.01. The number of esters is 2. The lowest BCUT2D eigenvalue weighted by Crippen LogP contribution is -2.40. The summed E-state index contributed by atoms with van der Waals surface area (Å²) in [6.45, 7) is 2.15. The Hall–Kier alpha value is -2.10. The van der Waals surface area contributed by atoms with Crippen molar-refractivity contribution < 1.29 is 19.1 Å². The van der Waals surface area contributed by atoms with Crippen LogP contribution in [0, 0.1) is 5.41 Å². The van der Waals surface area contributed by atoms with Gasteiger partial charge in [-0.05, 0) is 25.3 Å². The molecule has 4 nitrogen and oxygen atoms in total. The first-order chi connectivity index (χ1) is 9.69. The topological polar surface area (TPSA) is 52.6 Å². The molecular formula is C16H18O4. The molecule has 0 aromatic heterocycles. The third-order valence-electron chi connectivity index (χ3n) is 3.37. The Morgan fingerprint density at radius 1 is 1.05 bits per heavy atom. The highest BCUT2D eigenvalue weighted by Crippen LogP contribution is 2.36. The molecule has 0 N–H and O–H groups in total. The number of carbonyl (C=O) groups is 2. The molecule has 0 saturated carbocycles. The molecule has 0 amide bonds. The molecule has 0 atom stereocenters. The maximum Gasteiger partial charge on any atom is 0.324 e. The van der Waals surface area contributed by atoms with Gasteiger partial charge in [0.1, 0.15) is 6.61 Å². The Labute approximate surface area is 118 Å². The lowest BCUT2D eigenvalue weighted by molar-refractivity contribution is -0.172. The first kappa shape index (κ1) is 14.3. The second kappa shape index (κ2) is 6.37. The van der Waals surface area contributed by atoms with E-state index < -0.39 is 17.4 Å². The van der Waals surface area contributed by atoms with Gasteiger partial charge in [-0.15, -0.1) is 0 Å². The molecule has 106 valence electrons. The smallest absolute Gasteiger partial charge is 0.324 e. The van der Waals surface area contributed by atoms with Gasteiger partial charge in [-0.25, -0.2) is 0 Å². The van der Waals surface area contributed by atoms with Crippen molar-refractivity contribution in [2.45, 2.75) is 26.4 Å². The first-order valence-electron chi connectivity index (χ1n) is 6.72. The number of hydrogen-bond acceptors (Lipinski definition) is 4. The van der Waals surface area contributed by atoms with Crippen LogP contribution in [-0.2, 0) is 25.7 Å². The second-order valence-electron chi connectivity index (χ2n) is 4.74. The van der Waals surface area contributed by atoms with Crippen molar-refractivity contribution >= 4 is 11.9 Å². The molecule has 0 saturated heterocycles. The quantitative estimate of drug-likeness (QED) is 0.470. The highest BCUT2D eigenvalue weighted by atomic mass is 16.6. The summed E-state index contributed by atoms with van der Waals surface area (Å²) in [5, 5.41) is 0. The van der Waals surface area contributed by atoms with Crippen LogP contribution in [-0.4, -0.2) is 18.5 Å². The summed E-state index contributed by atoms with van der Waals surface area (Å²) in [6.07, 6.45) is 4.33. The van der Waals surface area contributed by atoms with Gasteiger partial charge in [0.15, 0.2) is 5.41 Å². The van der Waals surface area contributed by atoms with E-state index in [4.69, 9.17) is 9.47 Å². The zero-order chi connectivity index (χ0) is 14.4. The summed E-state index contributed by atoms with van der Waals surface area (Å²) in [6, 6.07) is 9.39. The lowest BCUT2D eigenvalue weighted by Gasteiger charge is -2.24. The summed E-state index contributed by atoms with van der Waals surface area (Å²) in [4.78, 5) is 24.4. The largest absolute Gasteiger partial charge is 0.465 e. The van der Waals surface area contributed by atoms with Crippen molar-refractivity contribution in [3.8, 4) is 0 Å². The van der Waals surface area contributed by atoms with Crippen molar-refractivity contribution in [3.63, 3.8) is 0 Å². The Bertz CT molecular complexity index is 496. The summed E-state index contributed by atoms with van der Waals surface area (Å²) >= 11 is 0. The predicted octanol–water partition coefficient (Wildman–Crippen LogP) is 2.63. The minimum Gasteiger partial charge on any atom is -0.465 e. The van der Waals surface area contributed by atoms with Gasteiger partial charge in [0.2, 0.25) is 0 Å². The molecule has 0 fully saturated rings. The van der Waals surface area contributed by atoms with Crippen LogP contribution in [0.4, 0.5) is 0 Å². The number of rotatable bonds is 5. The van der Waals surface area contributed by atoms with E-state index in [1.54, 1.807) is 6.92 Å². The molecule has 1 aliphatic carbocycles. The third kappa shape index (κ3) is 2.90. The fraction of sp³-hybridized carbons (Fsp3) is 0.375. The number of allylic oxidation sites excluding steroid dienone is 2. The molecule has 0 heterocycles. The molecule has 1 aliphatic rings. The summed E-state index contributed by atoms with van der Waals surface area (Å²) in [7, 11) is 0. The second-order valence-corrected chi connectivity index (χ2v) is 4.74. The monoisotopic (exact) mass is 274 g/mol. The van der Waals surface area contributed by atoms with Crippen molar-refractivity contribution in [2.75, 3.05) is 6.61 Å². The molecule has 4 heteroatoms. The summed E-state index contributed by atoms with van der Waals surface area (Å²) < 4.78 is 10.3. The van der Waals surface area contributed by atoms with Gasteiger partial charge in [0.25, 0.3) is 0 Å². The van der Waals surface area contributed by atoms with Gasteiger partial charge in [-0.2, -0.15) is 0 Å². The molecular weight excluding hydrogens is 256 g/mol. The Balaban J connectivity index is 2.03. The molecule has 0 spiro atoms. The predicted molar refractivity (Wildman–Crippen MR) is 73.7 cm³/mol. The van der Waals surface area contributed by atoms with Crippen molar-refractivity contribution in [1.29, 1.82) is 0 Å². The highest BCUT2D eigenvalue weighted by molar-refractivity contribution is 6.01. The van der Waals surface area contributed by atoms with Crippen LogP contribution < -0.4 is 0 Å². The molecule has 1 aromatic rings. The van der Waals surface area contributed by atoms with E-state index in [0.29, 0.717) is 12.8 Å². The molecule has 1 aromatic carbocycles. The van der Waals surface area contributed by atoms with Gasteiger partial charge in [-0.3, -0.25) is 9.59 Å². The van der Waals surface area contributed by atoms with Gasteiger partial charge in [0, 0.05) is 0 Å². The van der Waals surface area contributed by atoms with Crippen LogP contribution in [0.25, 0.3) is 0 Å². The fourth-order valence-corrected chi connectivity index (χ4v) is 2.20. The maximum atomic E-state index is 12.3. The third-order valence-corrected chi connectivity index (χ3v) is 3.37. The van der Waals surface area contributed by atoms with Gasteiger partial charge in [0.05, 0.1) is 6.61 Å². The van der Waals surface area contributed by atoms with E-state index in [0.717, 1.165) is 5.56 Å². The molecule has 0 radical (unpaired) electrons. The maximum absolute atomic E-state index is 12.3. The molecule has 0 bridgehead atoms. The summed E-state index contributed by atoms with van der Waals surface area (Å²) in [5.41, 5.74) is -0.295. The standard InChI is InChI=1S/C16H18O4/c1-2-19-14(17)16(10-6-7-11-16)15(18)20-12-13-8-4-3-5-9-13/h3-9H,2,10-12H2,1H3. The van der Waals surface area contributed by atoms with E-state index >= 15 is 0 Å². The van der Waals surface area contributed by atoms with Gasteiger partial charge >= 0.3 is 11.9 Å². The first-order valence-corrected chi connectivity index (χ1v) is 6.72. The average Bonchev–Trinajstić information content (AvgIpc) is 2.97. The highest BCUT2D eigenvalue weighted by Gasteiger charge is 2.49. The average molecular weight is 274 g/mol. The molecule has 0 aliphatic heterocycles. The van der Waals surface area contributed by atoms with Gasteiger partial charge in [-0.1, -0.05) is 42.5 Å². The minimum absolute atomic E-state index is 0.167. The Kier molecular flexibility index (Phi) is 4.56. The number of carbonyl (C=O) groups excluding carboxylic acids is 2. The van der Waals surface area contributed by atoms with Crippen LogP contribution in [0.15, 0.2) is 42.5 Å². The Morgan fingerprint density at radius 3 is 2.25 bits per heavy atom. The SMILES string of the molecule is CCOC(=O)C1(C(=O)OCc2ccccc2)CC=CC1. The van der Waals surface area contributed by atoms with Gasteiger partial charge < -0.3 is 9.47 Å². The van der Waals surface area contributed by atoms with E-state index in [-0.39, 0.29) is 13.2 Å². The Morgan fingerprint density at radius 2 is 1.65 bits per heavy atom. The molecule has 20 heavy (non-hydrogen) atoms. The lowest BCUT2D eigenvalue weighted by atomic mass is 9.85.